The number of aromatic nitrogens is 1. The van der Waals surface area contributed by atoms with E-state index in [1.165, 1.54) is 5.39 Å². The van der Waals surface area contributed by atoms with E-state index in [2.05, 4.69) is 17.1 Å². The van der Waals surface area contributed by atoms with Gasteiger partial charge in [-0.3, -0.25) is 0 Å². The highest BCUT2D eigenvalue weighted by atomic mass is 16.5. The fourth-order valence-corrected chi connectivity index (χ4v) is 2.14. The van der Waals surface area contributed by atoms with Crippen LogP contribution in [0.4, 0.5) is 0 Å². The number of ether oxygens (including phenoxy) is 2. The van der Waals surface area contributed by atoms with Gasteiger partial charge in [0.1, 0.15) is 6.10 Å². The van der Waals surface area contributed by atoms with Gasteiger partial charge in [-0.05, 0) is 17.5 Å². The number of hydrogen-bond acceptors (Lipinski definition) is 3. The quantitative estimate of drug-likeness (QED) is 0.793. The van der Waals surface area contributed by atoms with Crippen molar-refractivity contribution in [2.75, 3.05) is 13.2 Å². The van der Waals surface area contributed by atoms with Crippen LogP contribution in [0, 0.1) is 0 Å². The fourth-order valence-electron chi connectivity index (χ4n) is 2.14. The number of rotatable bonds is 2. The number of nitrogens with zero attached hydrogens (tertiary/aromatic N) is 1. The van der Waals surface area contributed by atoms with Gasteiger partial charge in [0.05, 0.1) is 13.2 Å². The molecular formula is C14H15NO2. The fraction of sp³-hybridized carbons (Fsp3) is 0.357. The molecule has 0 unspecified atom stereocenters. The number of pyridine rings is 1. The molecule has 0 amide bonds. The molecule has 0 radical (unpaired) electrons. The first kappa shape index (κ1) is 10.5. The Morgan fingerprint density at radius 1 is 1.12 bits per heavy atom. The summed E-state index contributed by atoms with van der Waals surface area (Å²) in [5.41, 5.74) is 0. The summed E-state index contributed by atoms with van der Waals surface area (Å²) in [7, 11) is 0. The molecule has 0 spiro atoms. The smallest absolute Gasteiger partial charge is 0.221 e. The third-order valence-electron chi connectivity index (χ3n) is 3.08. The van der Waals surface area contributed by atoms with E-state index in [1.54, 1.807) is 6.20 Å². The standard InChI is InChI=1S/C14H15NO2/c1-2-4-13-11(3-1)5-8-15-14(13)17-12-6-9-16-10-7-12/h1-5,8,12H,6-7,9-10H2. The van der Waals surface area contributed by atoms with E-state index in [-0.39, 0.29) is 6.10 Å². The van der Waals surface area contributed by atoms with Crippen molar-refractivity contribution < 1.29 is 9.47 Å². The van der Waals surface area contributed by atoms with Crippen LogP contribution in [0.15, 0.2) is 36.5 Å². The lowest BCUT2D eigenvalue weighted by Gasteiger charge is -2.23. The lowest BCUT2D eigenvalue weighted by Crippen LogP contribution is -2.26. The molecule has 0 atom stereocenters. The van der Waals surface area contributed by atoms with Crippen LogP contribution >= 0.6 is 0 Å². The van der Waals surface area contributed by atoms with Crippen molar-refractivity contribution >= 4 is 10.8 Å². The summed E-state index contributed by atoms with van der Waals surface area (Å²) < 4.78 is 11.3. The summed E-state index contributed by atoms with van der Waals surface area (Å²) >= 11 is 0. The Labute approximate surface area is 100 Å². The van der Waals surface area contributed by atoms with Gasteiger partial charge in [0, 0.05) is 24.4 Å². The highest BCUT2D eigenvalue weighted by Gasteiger charge is 2.16. The van der Waals surface area contributed by atoms with Gasteiger partial charge in [0.2, 0.25) is 5.88 Å². The summed E-state index contributed by atoms with van der Waals surface area (Å²) in [6.45, 7) is 1.57. The molecular weight excluding hydrogens is 214 g/mol. The monoisotopic (exact) mass is 229 g/mol. The van der Waals surface area contributed by atoms with Crippen LogP contribution in [-0.4, -0.2) is 24.3 Å². The molecule has 1 saturated heterocycles. The molecule has 2 aromatic rings. The van der Waals surface area contributed by atoms with Crippen LogP contribution in [0.5, 0.6) is 5.88 Å². The summed E-state index contributed by atoms with van der Waals surface area (Å²) in [5, 5.41) is 2.26. The Bertz CT molecular complexity index is 501. The van der Waals surface area contributed by atoms with Gasteiger partial charge < -0.3 is 9.47 Å². The van der Waals surface area contributed by atoms with E-state index >= 15 is 0 Å². The van der Waals surface area contributed by atoms with Crippen molar-refractivity contribution in [2.24, 2.45) is 0 Å². The molecule has 88 valence electrons. The Balaban J connectivity index is 1.89. The maximum absolute atomic E-state index is 5.98. The van der Waals surface area contributed by atoms with Gasteiger partial charge in [-0.25, -0.2) is 4.98 Å². The molecule has 1 aliphatic rings. The second kappa shape index (κ2) is 4.72. The zero-order valence-electron chi connectivity index (χ0n) is 9.63. The molecule has 0 bridgehead atoms. The topological polar surface area (TPSA) is 31.4 Å². The van der Waals surface area contributed by atoms with Crippen LogP contribution in [0.3, 0.4) is 0 Å². The van der Waals surface area contributed by atoms with Gasteiger partial charge in [-0.15, -0.1) is 0 Å². The minimum Gasteiger partial charge on any atom is -0.474 e. The van der Waals surface area contributed by atoms with Crippen molar-refractivity contribution in [3.63, 3.8) is 0 Å². The van der Waals surface area contributed by atoms with Crippen molar-refractivity contribution in [3.8, 4) is 5.88 Å². The maximum Gasteiger partial charge on any atom is 0.221 e. The van der Waals surface area contributed by atoms with Crippen LogP contribution in [0.25, 0.3) is 10.8 Å². The minimum atomic E-state index is 0.238. The average molecular weight is 229 g/mol. The van der Waals surface area contributed by atoms with Crippen molar-refractivity contribution in [3.05, 3.63) is 36.5 Å². The molecule has 1 aromatic carbocycles. The Morgan fingerprint density at radius 2 is 1.94 bits per heavy atom. The average Bonchev–Trinajstić information content (AvgIpc) is 2.40. The first-order chi connectivity index (χ1) is 8.43. The molecule has 1 fully saturated rings. The normalized spacial score (nSPS) is 17.2. The predicted molar refractivity (Wildman–Crippen MR) is 66.2 cm³/mol. The summed E-state index contributed by atoms with van der Waals surface area (Å²) in [5.74, 6) is 0.745. The highest BCUT2D eigenvalue weighted by Crippen LogP contribution is 2.25. The molecule has 1 aliphatic heterocycles. The lowest BCUT2D eigenvalue weighted by molar-refractivity contribution is 0.0244. The largest absolute Gasteiger partial charge is 0.474 e. The molecule has 0 saturated carbocycles. The van der Waals surface area contributed by atoms with Crippen LogP contribution in [-0.2, 0) is 4.74 Å². The van der Waals surface area contributed by atoms with Gasteiger partial charge in [-0.2, -0.15) is 0 Å². The number of fused-ring (bicyclic) bond motifs is 1. The summed E-state index contributed by atoms with van der Waals surface area (Å²) in [4.78, 5) is 4.34. The molecule has 3 nitrogen and oxygen atoms in total. The van der Waals surface area contributed by atoms with Gasteiger partial charge in [-0.1, -0.05) is 18.2 Å². The van der Waals surface area contributed by atoms with Gasteiger partial charge >= 0.3 is 0 Å². The molecule has 17 heavy (non-hydrogen) atoms. The van der Waals surface area contributed by atoms with Gasteiger partial charge in [0.15, 0.2) is 0 Å². The van der Waals surface area contributed by atoms with Crippen LogP contribution < -0.4 is 4.74 Å². The molecule has 1 aromatic heterocycles. The van der Waals surface area contributed by atoms with E-state index in [9.17, 15) is 0 Å². The SMILES string of the molecule is c1ccc2c(OC3CCOCC3)nccc2c1. The third-order valence-corrected chi connectivity index (χ3v) is 3.08. The molecule has 0 N–H and O–H groups in total. The van der Waals surface area contributed by atoms with Crippen molar-refractivity contribution in [1.29, 1.82) is 0 Å². The van der Waals surface area contributed by atoms with Gasteiger partial charge in [0.25, 0.3) is 0 Å². The predicted octanol–water partition coefficient (Wildman–Crippen LogP) is 2.79. The number of benzene rings is 1. The zero-order valence-corrected chi connectivity index (χ0v) is 9.63. The number of hydrogen-bond donors (Lipinski definition) is 0. The first-order valence-electron chi connectivity index (χ1n) is 6.01. The second-order valence-corrected chi connectivity index (χ2v) is 4.27. The molecule has 3 heteroatoms. The summed E-state index contributed by atoms with van der Waals surface area (Å²) in [6, 6.07) is 10.2. The molecule has 3 rings (SSSR count). The lowest BCUT2D eigenvalue weighted by atomic mass is 10.1. The van der Waals surface area contributed by atoms with E-state index in [4.69, 9.17) is 9.47 Å². The summed E-state index contributed by atoms with van der Waals surface area (Å²) in [6.07, 6.45) is 3.94. The van der Waals surface area contributed by atoms with E-state index in [0.29, 0.717) is 0 Å². The Kier molecular flexibility index (Phi) is 2.92. The highest BCUT2D eigenvalue weighted by molar-refractivity contribution is 5.86. The van der Waals surface area contributed by atoms with Crippen LogP contribution in [0.2, 0.25) is 0 Å². The minimum absolute atomic E-state index is 0.238. The van der Waals surface area contributed by atoms with Crippen molar-refractivity contribution in [1.82, 2.24) is 4.98 Å². The molecule has 0 aliphatic carbocycles. The van der Waals surface area contributed by atoms with E-state index in [1.807, 2.05) is 18.2 Å². The zero-order chi connectivity index (χ0) is 11.5. The third kappa shape index (κ3) is 2.24. The van der Waals surface area contributed by atoms with E-state index in [0.717, 1.165) is 37.3 Å². The maximum atomic E-state index is 5.98. The Morgan fingerprint density at radius 3 is 2.82 bits per heavy atom. The molecule has 2 heterocycles. The van der Waals surface area contributed by atoms with Crippen LogP contribution in [0.1, 0.15) is 12.8 Å². The van der Waals surface area contributed by atoms with E-state index < -0.39 is 0 Å². The van der Waals surface area contributed by atoms with Crippen molar-refractivity contribution in [2.45, 2.75) is 18.9 Å². The first-order valence-corrected chi connectivity index (χ1v) is 6.01. The second-order valence-electron chi connectivity index (χ2n) is 4.27. The Hall–Kier alpha value is -1.61.